The zero-order valence-corrected chi connectivity index (χ0v) is 25.7. The molecule has 0 saturated carbocycles. The third-order valence-electron chi connectivity index (χ3n) is 8.93. The molecule has 1 aromatic carbocycles. The van der Waals surface area contributed by atoms with Crippen molar-refractivity contribution < 1.29 is 9.53 Å². The number of carbonyl (C=O) groups excluding carboxylic acids is 1. The van der Waals surface area contributed by atoms with Crippen LogP contribution in [0, 0.1) is 38.5 Å². The van der Waals surface area contributed by atoms with Crippen LogP contribution < -0.4 is 15.6 Å². The van der Waals surface area contributed by atoms with Gasteiger partial charge in [0.25, 0.3) is 0 Å². The number of carbonyl (C=O) groups is 1. The summed E-state index contributed by atoms with van der Waals surface area (Å²) in [6.07, 6.45) is 15.4. The van der Waals surface area contributed by atoms with E-state index in [0.29, 0.717) is 6.42 Å². The first-order valence-electron chi connectivity index (χ1n) is 15.2. The Morgan fingerprint density at radius 3 is 2.08 bits per heavy atom. The molecule has 2 N–H and O–H groups in total. The summed E-state index contributed by atoms with van der Waals surface area (Å²) in [5.41, 5.74) is 11.9. The van der Waals surface area contributed by atoms with Crippen molar-refractivity contribution in [3.8, 4) is 5.75 Å². The van der Waals surface area contributed by atoms with Crippen LogP contribution in [0.4, 0.5) is 0 Å². The molecule has 3 atom stereocenters. The predicted octanol–water partition coefficient (Wildman–Crippen LogP) is 8.32. The minimum atomic E-state index is -0.0739. The van der Waals surface area contributed by atoms with Crippen molar-refractivity contribution in [3.05, 3.63) is 27.8 Å². The molecule has 212 valence electrons. The normalized spacial score (nSPS) is 18.9. The highest BCUT2D eigenvalue weighted by Gasteiger charge is 2.34. The molecule has 0 aliphatic carbocycles. The fraction of sp³-hybridized carbons (Fsp3) is 0.788. The molecular formula is C33H58N2O2. The van der Waals surface area contributed by atoms with Crippen LogP contribution in [0.25, 0.3) is 0 Å². The number of hydrogen-bond acceptors (Lipinski definition) is 3. The maximum absolute atomic E-state index is 12.0. The van der Waals surface area contributed by atoms with Gasteiger partial charge in [-0.05, 0) is 105 Å². The van der Waals surface area contributed by atoms with E-state index in [4.69, 9.17) is 4.74 Å². The van der Waals surface area contributed by atoms with E-state index < -0.39 is 0 Å². The zero-order chi connectivity index (χ0) is 27.6. The molecule has 0 unspecified atom stereocenters. The highest BCUT2D eigenvalue weighted by Crippen LogP contribution is 2.43. The standard InChI is InChI=1S/C33H58N2O2/c1-23(2)13-10-14-24(3)15-11-16-25(4)17-12-21-33(8)22-20-30-28(7)29(18-19-31(36)35-34-9)26(5)27(6)32(30)37-33/h23-25,34H,10-22H2,1-9H3,(H,35,36)/t24-,25-,33-/m1/s1. The van der Waals surface area contributed by atoms with Crippen LogP contribution >= 0.6 is 0 Å². The molecule has 0 saturated heterocycles. The molecule has 1 aliphatic heterocycles. The highest BCUT2D eigenvalue weighted by molar-refractivity contribution is 5.75. The fourth-order valence-electron chi connectivity index (χ4n) is 6.18. The lowest BCUT2D eigenvalue weighted by molar-refractivity contribution is -0.121. The molecule has 1 aromatic rings. The minimum Gasteiger partial charge on any atom is -0.487 e. The second kappa shape index (κ2) is 15.1. The van der Waals surface area contributed by atoms with Crippen LogP contribution in [0.15, 0.2) is 0 Å². The molecule has 0 spiro atoms. The minimum absolute atomic E-state index is 0.0332. The smallest absolute Gasteiger partial charge is 0.234 e. The summed E-state index contributed by atoms with van der Waals surface area (Å²) in [5.74, 6) is 3.67. The Kier molecular flexibility index (Phi) is 13.0. The zero-order valence-electron chi connectivity index (χ0n) is 25.7. The Morgan fingerprint density at radius 2 is 1.49 bits per heavy atom. The Hall–Kier alpha value is -1.55. The third-order valence-corrected chi connectivity index (χ3v) is 8.93. The number of nitrogens with one attached hydrogen (secondary N) is 2. The Labute approximate surface area is 229 Å². The van der Waals surface area contributed by atoms with Gasteiger partial charge in [0, 0.05) is 13.5 Å². The van der Waals surface area contributed by atoms with Crippen molar-refractivity contribution in [2.45, 2.75) is 144 Å². The average molecular weight is 515 g/mol. The molecular weight excluding hydrogens is 456 g/mol. The van der Waals surface area contributed by atoms with Crippen molar-refractivity contribution in [2.24, 2.45) is 17.8 Å². The van der Waals surface area contributed by atoms with E-state index in [9.17, 15) is 4.79 Å². The van der Waals surface area contributed by atoms with Gasteiger partial charge in [0.05, 0.1) is 0 Å². The van der Waals surface area contributed by atoms with Gasteiger partial charge in [-0.1, -0.05) is 72.6 Å². The number of hydrogen-bond donors (Lipinski definition) is 2. The summed E-state index contributed by atoms with van der Waals surface area (Å²) in [4.78, 5) is 12.0. The van der Waals surface area contributed by atoms with Crippen molar-refractivity contribution in [1.29, 1.82) is 0 Å². The van der Waals surface area contributed by atoms with Gasteiger partial charge in [0.2, 0.25) is 5.91 Å². The van der Waals surface area contributed by atoms with Gasteiger partial charge in [0.1, 0.15) is 11.4 Å². The Bertz CT molecular complexity index is 863. The molecule has 1 aliphatic rings. The molecule has 0 aromatic heterocycles. The summed E-state index contributed by atoms with van der Waals surface area (Å²) in [5, 5.41) is 0. The van der Waals surface area contributed by atoms with Crippen molar-refractivity contribution in [3.63, 3.8) is 0 Å². The number of hydrazine groups is 1. The van der Waals surface area contributed by atoms with Crippen molar-refractivity contribution >= 4 is 5.91 Å². The maximum Gasteiger partial charge on any atom is 0.234 e. The summed E-state index contributed by atoms with van der Waals surface area (Å²) >= 11 is 0. The number of amides is 1. The predicted molar refractivity (Wildman–Crippen MR) is 158 cm³/mol. The molecule has 4 heteroatoms. The molecule has 37 heavy (non-hydrogen) atoms. The van der Waals surface area contributed by atoms with Crippen LogP contribution in [0.1, 0.15) is 133 Å². The van der Waals surface area contributed by atoms with Crippen LogP contribution in [0.3, 0.4) is 0 Å². The van der Waals surface area contributed by atoms with Crippen molar-refractivity contribution in [2.75, 3.05) is 7.05 Å². The van der Waals surface area contributed by atoms with E-state index >= 15 is 0 Å². The first-order valence-corrected chi connectivity index (χ1v) is 15.2. The van der Waals surface area contributed by atoms with E-state index in [1.54, 1.807) is 7.05 Å². The third kappa shape index (κ3) is 9.93. The van der Waals surface area contributed by atoms with Gasteiger partial charge >= 0.3 is 0 Å². The molecule has 1 amide bonds. The van der Waals surface area contributed by atoms with E-state index in [0.717, 1.165) is 49.2 Å². The molecule has 4 nitrogen and oxygen atoms in total. The van der Waals surface area contributed by atoms with E-state index in [1.807, 2.05) is 0 Å². The van der Waals surface area contributed by atoms with Gasteiger partial charge in [-0.2, -0.15) is 0 Å². The molecule has 1 heterocycles. The van der Waals surface area contributed by atoms with Gasteiger partial charge in [0.15, 0.2) is 0 Å². The van der Waals surface area contributed by atoms with Gasteiger partial charge < -0.3 is 4.74 Å². The van der Waals surface area contributed by atoms with E-state index in [1.165, 1.54) is 79.2 Å². The number of benzene rings is 1. The topological polar surface area (TPSA) is 50.4 Å². The Morgan fingerprint density at radius 1 is 0.892 bits per heavy atom. The van der Waals surface area contributed by atoms with Crippen molar-refractivity contribution in [1.82, 2.24) is 10.9 Å². The monoisotopic (exact) mass is 514 g/mol. The first kappa shape index (κ1) is 31.7. The summed E-state index contributed by atoms with van der Waals surface area (Å²) < 4.78 is 6.79. The number of rotatable bonds is 16. The second-order valence-corrected chi connectivity index (χ2v) is 12.9. The molecule has 0 bridgehead atoms. The lowest BCUT2D eigenvalue weighted by atomic mass is 9.82. The van der Waals surface area contributed by atoms with Gasteiger partial charge in [-0.15, -0.1) is 0 Å². The summed E-state index contributed by atoms with van der Waals surface area (Å²) in [7, 11) is 1.73. The summed E-state index contributed by atoms with van der Waals surface area (Å²) in [6, 6.07) is 0. The van der Waals surface area contributed by atoms with Crippen LogP contribution in [0.2, 0.25) is 0 Å². The molecule has 0 fully saturated rings. The summed E-state index contributed by atoms with van der Waals surface area (Å²) in [6.45, 7) is 18.5. The van der Waals surface area contributed by atoms with Crippen LogP contribution in [-0.2, 0) is 17.6 Å². The van der Waals surface area contributed by atoms with E-state index in [-0.39, 0.29) is 11.5 Å². The second-order valence-electron chi connectivity index (χ2n) is 12.9. The fourth-order valence-corrected chi connectivity index (χ4v) is 6.18. The van der Waals surface area contributed by atoms with Gasteiger partial charge in [-0.3, -0.25) is 10.2 Å². The lowest BCUT2D eigenvalue weighted by Crippen LogP contribution is -2.37. The van der Waals surface area contributed by atoms with Crippen LogP contribution in [-0.4, -0.2) is 18.6 Å². The highest BCUT2D eigenvalue weighted by atomic mass is 16.5. The van der Waals surface area contributed by atoms with E-state index in [2.05, 4.69) is 66.2 Å². The van der Waals surface area contributed by atoms with Gasteiger partial charge in [-0.25, -0.2) is 5.43 Å². The largest absolute Gasteiger partial charge is 0.487 e. The average Bonchev–Trinajstić information content (AvgIpc) is 2.82. The Balaban J connectivity index is 1.84. The maximum atomic E-state index is 12.0. The molecule has 0 radical (unpaired) electrons. The lowest BCUT2D eigenvalue weighted by Gasteiger charge is -2.38. The number of fused-ring (bicyclic) bond motifs is 1. The first-order chi connectivity index (χ1) is 17.5. The van der Waals surface area contributed by atoms with Crippen LogP contribution in [0.5, 0.6) is 5.75 Å². The number of ether oxygens (including phenoxy) is 1. The quantitative estimate of drug-likeness (QED) is 0.218. The molecule has 2 rings (SSSR count). The SMILES string of the molecule is CNNC(=O)CCc1c(C)c(C)c2c(c1C)CC[C@@](C)(CCC[C@H](C)CCC[C@H](C)CCCC(C)C)O2.